The SMILES string of the molecule is CC(C)[C@H](C)CC[C@@H](C)[C@H]1CC[C@H]2[C@@H]3CC=C4C[C@H](O)CC[C@]4(C)[C@H]3CC[C@]12C. The molecule has 0 amide bonds. The molecule has 3 saturated carbocycles. The summed E-state index contributed by atoms with van der Waals surface area (Å²) in [5, 5.41) is 10.2. The average Bonchev–Trinajstić information content (AvgIpc) is 3.03. The predicted octanol–water partition coefficient (Wildman–Crippen LogP) is 7.63. The molecule has 166 valence electrons. The van der Waals surface area contributed by atoms with Crippen molar-refractivity contribution in [2.75, 3.05) is 0 Å². The molecule has 0 radical (unpaired) electrons. The van der Waals surface area contributed by atoms with Crippen molar-refractivity contribution >= 4 is 0 Å². The molecule has 0 aromatic heterocycles. The van der Waals surface area contributed by atoms with Gasteiger partial charge in [0.05, 0.1) is 6.10 Å². The van der Waals surface area contributed by atoms with Gasteiger partial charge in [0.2, 0.25) is 0 Å². The Hall–Kier alpha value is -0.300. The highest BCUT2D eigenvalue weighted by atomic mass is 16.3. The van der Waals surface area contributed by atoms with Crippen LogP contribution in [0.5, 0.6) is 0 Å². The maximum absolute atomic E-state index is 10.2. The quantitative estimate of drug-likeness (QED) is 0.470. The number of hydrogen-bond acceptors (Lipinski definition) is 1. The Kier molecular flexibility index (Phi) is 6.04. The van der Waals surface area contributed by atoms with Crippen molar-refractivity contribution < 1.29 is 5.11 Å². The van der Waals surface area contributed by atoms with Crippen molar-refractivity contribution in [1.29, 1.82) is 0 Å². The zero-order valence-electron chi connectivity index (χ0n) is 20.2. The van der Waals surface area contributed by atoms with Crippen LogP contribution in [-0.4, -0.2) is 11.2 Å². The van der Waals surface area contributed by atoms with Crippen LogP contribution in [0.15, 0.2) is 11.6 Å². The monoisotopic (exact) mass is 400 g/mol. The Morgan fingerprint density at radius 1 is 0.966 bits per heavy atom. The van der Waals surface area contributed by atoms with Crippen molar-refractivity contribution in [1.82, 2.24) is 0 Å². The largest absolute Gasteiger partial charge is 0.393 e. The zero-order chi connectivity index (χ0) is 21.0. The molecule has 4 aliphatic carbocycles. The number of fused-ring (bicyclic) bond motifs is 5. The van der Waals surface area contributed by atoms with Crippen LogP contribution in [-0.2, 0) is 0 Å². The molecule has 1 heteroatoms. The van der Waals surface area contributed by atoms with Gasteiger partial charge in [-0.05, 0) is 104 Å². The van der Waals surface area contributed by atoms with Crippen LogP contribution >= 0.6 is 0 Å². The molecule has 3 fully saturated rings. The van der Waals surface area contributed by atoms with Gasteiger partial charge in [0.15, 0.2) is 0 Å². The van der Waals surface area contributed by atoms with Gasteiger partial charge in [-0.2, -0.15) is 0 Å². The van der Waals surface area contributed by atoms with E-state index in [2.05, 4.69) is 47.6 Å². The second-order valence-corrected chi connectivity index (χ2v) is 12.7. The first-order chi connectivity index (χ1) is 13.7. The Labute approximate surface area is 181 Å². The third-order valence-electron chi connectivity index (χ3n) is 11.1. The molecule has 1 nitrogen and oxygen atoms in total. The fourth-order valence-corrected chi connectivity index (χ4v) is 8.68. The van der Waals surface area contributed by atoms with Gasteiger partial charge in [-0.25, -0.2) is 0 Å². The van der Waals surface area contributed by atoms with Crippen LogP contribution < -0.4 is 0 Å². The lowest BCUT2D eigenvalue weighted by Crippen LogP contribution is -2.50. The molecule has 0 heterocycles. The summed E-state index contributed by atoms with van der Waals surface area (Å²) >= 11 is 0. The van der Waals surface area contributed by atoms with Crippen LogP contribution in [0.25, 0.3) is 0 Å². The lowest BCUT2D eigenvalue weighted by atomic mass is 9.47. The average molecular weight is 401 g/mol. The number of aliphatic hydroxyl groups is 1. The maximum atomic E-state index is 10.2. The second kappa shape index (κ2) is 7.99. The van der Waals surface area contributed by atoms with Gasteiger partial charge in [-0.1, -0.05) is 66.0 Å². The number of hydrogen-bond donors (Lipinski definition) is 1. The van der Waals surface area contributed by atoms with E-state index >= 15 is 0 Å². The molecule has 1 N–H and O–H groups in total. The summed E-state index contributed by atoms with van der Waals surface area (Å²) in [6.45, 7) is 15.1. The molecule has 29 heavy (non-hydrogen) atoms. The summed E-state index contributed by atoms with van der Waals surface area (Å²) in [5.74, 6) is 6.24. The van der Waals surface area contributed by atoms with E-state index in [1.807, 2.05) is 0 Å². The summed E-state index contributed by atoms with van der Waals surface area (Å²) in [7, 11) is 0. The zero-order valence-corrected chi connectivity index (χ0v) is 20.2. The van der Waals surface area contributed by atoms with E-state index < -0.39 is 0 Å². The van der Waals surface area contributed by atoms with E-state index in [-0.39, 0.29) is 6.10 Å². The van der Waals surface area contributed by atoms with E-state index in [0.29, 0.717) is 10.8 Å². The topological polar surface area (TPSA) is 20.2 Å². The van der Waals surface area contributed by atoms with E-state index in [1.165, 1.54) is 51.4 Å². The lowest BCUT2D eigenvalue weighted by Gasteiger charge is -2.58. The van der Waals surface area contributed by atoms with Gasteiger partial charge >= 0.3 is 0 Å². The molecular weight excluding hydrogens is 352 g/mol. The maximum Gasteiger partial charge on any atom is 0.0577 e. The Balaban J connectivity index is 1.49. The van der Waals surface area contributed by atoms with Crippen LogP contribution in [0, 0.1) is 52.3 Å². The first-order valence-corrected chi connectivity index (χ1v) is 13.0. The highest BCUT2D eigenvalue weighted by molar-refractivity contribution is 5.25. The molecule has 0 saturated heterocycles. The number of rotatable bonds is 5. The van der Waals surface area contributed by atoms with Crippen LogP contribution in [0.1, 0.15) is 106 Å². The minimum atomic E-state index is -0.0790. The van der Waals surface area contributed by atoms with E-state index in [9.17, 15) is 5.11 Å². The van der Waals surface area contributed by atoms with Crippen LogP contribution in [0.3, 0.4) is 0 Å². The first kappa shape index (κ1) is 21.9. The first-order valence-electron chi connectivity index (χ1n) is 13.0. The fourth-order valence-electron chi connectivity index (χ4n) is 8.68. The van der Waals surface area contributed by atoms with Crippen molar-refractivity contribution in [3.8, 4) is 0 Å². The van der Waals surface area contributed by atoms with Gasteiger partial charge < -0.3 is 5.11 Å². The minimum absolute atomic E-state index is 0.0790. The summed E-state index contributed by atoms with van der Waals surface area (Å²) < 4.78 is 0. The number of aliphatic hydroxyl groups excluding tert-OH is 1. The second-order valence-electron chi connectivity index (χ2n) is 12.7. The van der Waals surface area contributed by atoms with Gasteiger partial charge in [0, 0.05) is 0 Å². The third-order valence-corrected chi connectivity index (χ3v) is 11.1. The lowest BCUT2D eigenvalue weighted by molar-refractivity contribution is -0.0574. The van der Waals surface area contributed by atoms with E-state index in [4.69, 9.17) is 0 Å². The fraction of sp³-hybridized carbons (Fsp3) is 0.929. The molecule has 4 rings (SSSR count). The van der Waals surface area contributed by atoms with Crippen molar-refractivity contribution in [3.63, 3.8) is 0 Å². The van der Waals surface area contributed by atoms with Crippen LogP contribution in [0.2, 0.25) is 0 Å². The van der Waals surface area contributed by atoms with Crippen molar-refractivity contribution in [3.05, 3.63) is 11.6 Å². The normalized spacial score (nSPS) is 46.5. The molecule has 0 aromatic carbocycles. The minimum Gasteiger partial charge on any atom is -0.393 e. The van der Waals surface area contributed by atoms with Crippen LogP contribution in [0.4, 0.5) is 0 Å². The molecule has 0 aliphatic heterocycles. The summed E-state index contributed by atoms with van der Waals surface area (Å²) in [5.41, 5.74) is 2.59. The predicted molar refractivity (Wildman–Crippen MR) is 124 cm³/mol. The van der Waals surface area contributed by atoms with E-state index in [1.54, 1.807) is 5.57 Å². The standard InChI is InChI=1S/C28H48O/c1-18(2)19(3)7-8-20(4)24-11-12-25-23-10-9-21-17-22(29)13-15-27(21,5)26(23)14-16-28(24,25)6/h9,18-20,22-26,29H,7-8,10-17H2,1-6H3/t19-,20-,22-,23+,24-,25+,26+,27+,28-/m1/s1. The van der Waals surface area contributed by atoms with Crippen molar-refractivity contribution in [2.24, 2.45) is 52.3 Å². The smallest absolute Gasteiger partial charge is 0.0577 e. The molecule has 0 bridgehead atoms. The molecule has 0 spiro atoms. The third kappa shape index (κ3) is 3.66. The molecule has 0 aromatic rings. The summed E-state index contributed by atoms with van der Waals surface area (Å²) in [6, 6.07) is 0. The van der Waals surface area contributed by atoms with Gasteiger partial charge in [0.25, 0.3) is 0 Å². The summed E-state index contributed by atoms with van der Waals surface area (Å²) in [4.78, 5) is 0. The highest BCUT2D eigenvalue weighted by Gasteiger charge is 2.59. The van der Waals surface area contributed by atoms with Gasteiger partial charge in [-0.15, -0.1) is 0 Å². The Bertz CT molecular complexity index is 620. The van der Waals surface area contributed by atoms with Gasteiger partial charge in [0.1, 0.15) is 0 Å². The van der Waals surface area contributed by atoms with Crippen molar-refractivity contribution in [2.45, 2.75) is 112 Å². The number of allylic oxidation sites excluding steroid dienone is 1. The molecule has 9 atom stereocenters. The Morgan fingerprint density at radius 3 is 2.45 bits per heavy atom. The Morgan fingerprint density at radius 2 is 1.72 bits per heavy atom. The summed E-state index contributed by atoms with van der Waals surface area (Å²) in [6.07, 6.45) is 15.7. The molecular formula is C28H48O. The van der Waals surface area contributed by atoms with Gasteiger partial charge in [-0.3, -0.25) is 0 Å². The highest BCUT2D eigenvalue weighted by Crippen LogP contribution is 2.67. The molecule has 4 aliphatic rings. The van der Waals surface area contributed by atoms with E-state index in [0.717, 1.165) is 54.3 Å². The molecule has 0 unspecified atom stereocenters.